The summed E-state index contributed by atoms with van der Waals surface area (Å²) < 4.78 is 0. The van der Waals surface area contributed by atoms with E-state index in [9.17, 15) is 0 Å². The fraction of sp³-hybridized carbons (Fsp3) is 0.647. The summed E-state index contributed by atoms with van der Waals surface area (Å²) in [5.41, 5.74) is 4.23. The molecule has 1 nitrogen and oxygen atoms in total. The van der Waals surface area contributed by atoms with E-state index < -0.39 is 0 Å². The number of nitrogens with one attached hydrogen (secondary N) is 1. The van der Waals surface area contributed by atoms with Crippen LogP contribution in [0.2, 0.25) is 0 Å². The molecule has 2 rings (SSSR count). The van der Waals surface area contributed by atoms with Gasteiger partial charge in [0.1, 0.15) is 0 Å². The van der Waals surface area contributed by atoms with Crippen LogP contribution in [-0.2, 0) is 0 Å². The van der Waals surface area contributed by atoms with E-state index in [1.165, 1.54) is 42.4 Å². The van der Waals surface area contributed by atoms with Crippen LogP contribution in [0.1, 0.15) is 62.3 Å². The normalized spacial score (nSPS) is 26.0. The van der Waals surface area contributed by atoms with Gasteiger partial charge in [-0.15, -0.1) is 0 Å². The molecule has 0 amide bonds. The van der Waals surface area contributed by atoms with Crippen molar-refractivity contribution in [3.8, 4) is 0 Å². The van der Waals surface area contributed by atoms with Gasteiger partial charge in [-0.1, -0.05) is 30.7 Å². The van der Waals surface area contributed by atoms with Crippen LogP contribution in [0, 0.1) is 19.8 Å². The number of rotatable bonds is 3. The summed E-state index contributed by atoms with van der Waals surface area (Å²) in [6.07, 6.45) is 5.46. The topological polar surface area (TPSA) is 12.0 Å². The molecule has 1 fully saturated rings. The fourth-order valence-corrected chi connectivity index (χ4v) is 3.18. The average Bonchev–Trinajstić information content (AvgIpc) is 2.32. The second-order valence-corrected chi connectivity index (χ2v) is 6.21. The minimum atomic E-state index is 0.476. The van der Waals surface area contributed by atoms with Gasteiger partial charge >= 0.3 is 0 Å². The van der Waals surface area contributed by atoms with Crippen LogP contribution in [-0.4, -0.2) is 6.04 Å². The van der Waals surface area contributed by atoms with Crippen molar-refractivity contribution in [3.05, 3.63) is 34.9 Å². The molecule has 0 aromatic heterocycles. The van der Waals surface area contributed by atoms with Crippen molar-refractivity contribution in [3.63, 3.8) is 0 Å². The van der Waals surface area contributed by atoms with E-state index in [1.807, 2.05) is 0 Å². The zero-order valence-electron chi connectivity index (χ0n) is 12.3. The standard InChI is InChI=1S/C17H27N/c1-12-5-8-16(9-6-12)18-15(4)17-10-7-13(2)11-14(17)3/h7,10-12,15-16,18H,5-6,8-9H2,1-4H3. The van der Waals surface area contributed by atoms with E-state index in [2.05, 4.69) is 51.2 Å². The van der Waals surface area contributed by atoms with Gasteiger partial charge in [0.25, 0.3) is 0 Å². The summed E-state index contributed by atoms with van der Waals surface area (Å²) in [5, 5.41) is 3.82. The van der Waals surface area contributed by atoms with Crippen LogP contribution in [0.3, 0.4) is 0 Å². The highest BCUT2D eigenvalue weighted by atomic mass is 14.9. The summed E-state index contributed by atoms with van der Waals surface area (Å²) in [5.74, 6) is 0.930. The molecule has 0 radical (unpaired) electrons. The third kappa shape index (κ3) is 3.35. The molecule has 0 spiro atoms. The molecule has 1 aromatic carbocycles. The van der Waals surface area contributed by atoms with Gasteiger partial charge in [0.05, 0.1) is 0 Å². The highest BCUT2D eigenvalue weighted by molar-refractivity contribution is 5.32. The maximum absolute atomic E-state index is 3.82. The Labute approximate surface area is 112 Å². The monoisotopic (exact) mass is 245 g/mol. The van der Waals surface area contributed by atoms with E-state index in [1.54, 1.807) is 0 Å². The molecule has 0 saturated heterocycles. The largest absolute Gasteiger partial charge is 0.307 e. The predicted molar refractivity (Wildman–Crippen MR) is 78.9 cm³/mol. The first-order valence-corrected chi connectivity index (χ1v) is 7.39. The number of benzene rings is 1. The van der Waals surface area contributed by atoms with Gasteiger partial charge in [-0.2, -0.15) is 0 Å². The summed E-state index contributed by atoms with van der Waals surface area (Å²) in [6, 6.07) is 7.99. The molecule has 0 aliphatic heterocycles. The van der Waals surface area contributed by atoms with Crippen LogP contribution in [0.25, 0.3) is 0 Å². The van der Waals surface area contributed by atoms with Gasteiger partial charge in [-0.25, -0.2) is 0 Å². The van der Waals surface area contributed by atoms with E-state index >= 15 is 0 Å². The quantitative estimate of drug-likeness (QED) is 0.825. The SMILES string of the molecule is Cc1ccc(C(C)NC2CCC(C)CC2)c(C)c1. The van der Waals surface area contributed by atoms with Gasteiger partial charge in [0.2, 0.25) is 0 Å². The minimum Gasteiger partial charge on any atom is -0.307 e. The summed E-state index contributed by atoms with van der Waals surface area (Å²) in [4.78, 5) is 0. The summed E-state index contributed by atoms with van der Waals surface area (Å²) in [6.45, 7) is 9.07. The molecule has 0 bridgehead atoms. The second kappa shape index (κ2) is 5.88. The Morgan fingerprint density at radius 1 is 1.11 bits per heavy atom. The van der Waals surface area contributed by atoms with Crippen LogP contribution in [0.15, 0.2) is 18.2 Å². The van der Waals surface area contributed by atoms with Crippen molar-refractivity contribution in [2.45, 2.75) is 65.5 Å². The average molecular weight is 245 g/mol. The van der Waals surface area contributed by atoms with Gasteiger partial charge < -0.3 is 5.32 Å². The zero-order chi connectivity index (χ0) is 13.1. The van der Waals surface area contributed by atoms with Crippen molar-refractivity contribution in [1.82, 2.24) is 5.32 Å². The zero-order valence-corrected chi connectivity index (χ0v) is 12.3. The first-order chi connectivity index (χ1) is 8.56. The van der Waals surface area contributed by atoms with Crippen molar-refractivity contribution in [2.24, 2.45) is 5.92 Å². The number of hydrogen-bond donors (Lipinski definition) is 1. The first kappa shape index (κ1) is 13.6. The van der Waals surface area contributed by atoms with Crippen molar-refractivity contribution >= 4 is 0 Å². The lowest BCUT2D eigenvalue weighted by atomic mass is 9.86. The molecule has 1 atom stereocenters. The molecule has 0 heterocycles. The third-order valence-corrected chi connectivity index (χ3v) is 4.39. The molecule has 1 aromatic rings. The molecule has 1 saturated carbocycles. The summed E-state index contributed by atoms with van der Waals surface area (Å²) >= 11 is 0. The van der Waals surface area contributed by atoms with Crippen LogP contribution >= 0.6 is 0 Å². The Kier molecular flexibility index (Phi) is 4.45. The van der Waals surface area contributed by atoms with E-state index in [-0.39, 0.29) is 0 Å². The molecule has 18 heavy (non-hydrogen) atoms. The maximum atomic E-state index is 3.82. The van der Waals surface area contributed by atoms with Gasteiger partial charge in [-0.3, -0.25) is 0 Å². The van der Waals surface area contributed by atoms with E-state index in [0.29, 0.717) is 6.04 Å². The lowest BCUT2D eigenvalue weighted by molar-refractivity contribution is 0.291. The molecular formula is C17H27N. The van der Waals surface area contributed by atoms with Gasteiger partial charge in [0, 0.05) is 12.1 Å². The van der Waals surface area contributed by atoms with Crippen molar-refractivity contribution < 1.29 is 0 Å². The number of hydrogen-bond acceptors (Lipinski definition) is 1. The Balaban J connectivity index is 1.97. The van der Waals surface area contributed by atoms with Gasteiger partial charge in [-0.05, 0) is 63.5 Å². The molecule has 1 heteroatoms. The molecule has 1 aliphatic carbocycles. The van der Waals surface area contributed by atoms with E-state index in [4.69, 9.17) is 0 Å². The third-order valence-electron chi connectivity index (χ3n) is 4.39. The van der Waals surface area contributed by atoms with E-state index in [0.717, 1.165) is 12.0 Å². The van der Waals surface area contributed by atoms with Gasteiger partial charge in [0.15, 0.2) is 0 Å². The smallest absolute Gasteiger partial charge is 0.0296 e. The summed E-state index contributed by atoms with van der Waals surface area (Å²) in [7, 11) is 0. The Morgan fingerprint density at radius 3 is 2.39 bits per heavy atom. The lowest BCUT2D eigenvalue weighted by Crippen LogP contribution is -2.34. The predicted octanol–water partition coefficient (Wildman–Crippen LogP) is 4.53. The van der Waals surface area contributed by atoms with Crippen LogP contribution in [0.4, 0.5) is 0 Å². The second-order valence-electron chi connectivity index (χ2n) is 6.21. The molecule has 100 valence electrons. The van der Waals surface area contributed by atoms with Crippen LogP contribution < -0.4 is 5.32 Å². The minimum absolute atomic E-state index is 0.476. The first-order valence-electron chi connectivity index (χ1n) is 7.39. The highest BCUT2D eigenvalue weighted by Crippen LogP contribution is 2.26. The lowest BCUT2D eigenvalue weighted by Gasteiger charge is -2.30. The Hall–Kier alpha value is -0.820. The van der Waals surface area contributed by atoms with Crippen molar-refractivity contribution in [2.75, 3.05) is 0 Å². The molecular weight excluding hydrogens is 218 g/mol. The van der Waals surface area contributed by atoms with Crippen molar-refractivity contribution in [1.29, 1.82) is 0 Å². The fourth-order valence-electron chi connectivity index (χ4n) is 3.18. The number of aryl methyl sites for hydroxylation is 2. The maximum Gasteiger partial charge on any atom is 0.0296 e. The molecule has 1 N–H and O–H groups in total. The highest BCUT2D eigenvalue weighted by Gasteiger charge is 2.20. The Morgan fingerprint density at radius 2 is 1.78 bits per heavy atom. The van der Waals surface area contributed by atoms with Crippen LogP contribution in [0.5, 0.6) is 0 Å². The molecule has 1 aliphatic rings. The molecule has 1 unspecified atom stereocenters. The Bertz CT molecular complexity index is 389.